The number of anilines is 1. The normalized spacial score (nSPS) is 18.0. The maximum atomic E-state index is 8.94. The Hall–Kier alpha value is -1.83. The second-order valence-electron chi connectivity index (χ2n) is 4.52. The van der Waals surface area contributed by atoms with Crippen molar-refractivity contribution in [2.45, 2.75) is 19.4 Å². The number of hydrogen-bond donors (Lipinski definition) is 3. The summed E-state index contributed by atoms with van der Waals surface area (Å²) < 4.78 is 0. The number of benzene rings is 1. The highest BCUT2D eigenvalue weighted by Gasteiger charge is 2.25. The van der Waals surface area contributed by atoms with Crippen molar-refractivity contribution in [3.8, 4) is 6.07 Å². The fraction of sp³-hybridized carbons (Fsp3) is 0.357. The lowest BCUT2D eigenvalue weighted by atomic mass is 9.94. The fourth-order valence-corrected chi connectivity index (χ4v) is 2.21. The van der Waals surface area contributed by atoms with E-state index < -0.39 is 0 Å². The van der Waals surface area contributed by atoms with Gasteiger partial charge in [0.05, 0.1) is 6.04 Å². The van der Waals surface area contributed by atoms with Crippen molar-refractivity contribution in [1.29, 1.82) is 0 Å². The van der Waals surface area contributed by atoms with Crippen LogP contribution in [0.2, 0.25) is 0 Å². The Balaban J connectivity index is 2.43. The summed E-state index contributed by atoms with van der Waals surface area (Å²) in [5, 5.41) is 16.3. The van der Waals surface area contributed by atoms with E-state index in [0.29, 0.717) is 18.5 Å². The molecule has 1 aliphatic rings. The largest absolute Gasteiger partial charge is 0.396 e. The Morgan fingerprint density at radius 1 is 1.50 bits per heavy atom. The zero-order chi connectivity index (χ0) is 13.1. The molecule has 18 heavy (non-hydrogen) atoms. The van der Waals surface area contributed by atoms with Gasteiger partial charge in [-0.3, -0.25) is 0 Å². The lowest BCUT2D eigenvalue weighted by molar-refractivity contribution is -0.0916. The van der Waals surface area contributed by atoms with Crippen molar-refractivity contribution < 1.29 is 10.4 Å². The van der Waals surface area contributed by atoms with E-state index in [0.717, 1.165) is 16.8 Å². The standard InChI is InChI=1S/C14H17N3O/c1-10-3-4-13-12(7-10)14(16)11(8-15)9-17(13)5-2-6-18/h3-4,7,9,14,18H,2,5-6,16H2,1H3/p+1. The molecule has 94 valence electrons. The summed E-state index contributed by atoms with van der Waals surface area (Å²) in [6.07, 6.45) is 2.54. The zero-order valence-electron chi connectivity index (χ0n) is 10.5. The lowest BCUT2D eigenvalue weighted by Gasteiger charge is -2.30. The van der Waals surface area contributed by atoms with Crippen LogP contribution in [-0.4, -0.2) is 18.3 Å². The highest BCUT2D eigenvalue weighted by atomic mass is 16.3. The Morgan fingerprint density at radius 2 is 2.28 bits per heavy atom. The van der Waals surface area contributed by atoms with Gasteiger partial charge >= 0.3 is 6.07 Å². The second kappa shape index (κ2) is 5.21. The molecule has 0 bridgehead atoms. The summed E-state index contributed by atoms with van der Waals surface area (Å²) in [4.78, 5) is 2.03. The van der Waals surface area contributed by atoms with Crippen LogP contribution in [0.1, 0.15) is 23.6 Å². The SMILES string of the molecule is Cc1ccc2c(c1)C(N)C(C#[NH+])=CN2CCCO. The molecule has 1 aromatic carbocycles. The zero-order valence-corrected chi connectivity index (χ0v) is 10.5. The average molecular weight is 244 g/mol. The van der Waals surface area contributed by atoms with Gasteiger partial charge in [-0.15, -0.1) is 0 Å². The molecule has 1 aliphatic heterocycles. The lowest BCUT2D eigenvalue weighted by Crippen LogP contribution is -2.31. The highest BCUT2D eigenvalue weighted by Crippen LogP contribution is 2.35. The number of aliphatic hydroxyl groups is 1. The first-order valence-electron chi connectivity index (χ1n) is 6.05. The minimum absolute atomic E-state index is 0.154. The third kappa shape index (κ3) is 2.23. The smallest absolute Gasteiger partial charge is 0.307 e. The molecule has 0 aromatic heterocycles. The number of nitrogens with two attached hydrogens (primary N) is 1. The maximum absolute atomic E-state index is 8.94. The van der Waals surface area contributed by atoms with Crippen LogP contribution in [0.4, 0.5) is 5.69 Å². The van der Waals surface area contributed by atoms with Crippen molar-refractivity contribution in [1.82, 2.24) is 0 Å². The van der Waals surface area contributed by atoms with Gasteiger partial charge in [0.25, 0.3) is 0 Å². The van der Waals surface area contributed by atoms with Gasteiger partial charge in [0.1, 0.15) is 5.57 Å². The Morgan fingerprint density at radius 3 is 2.94 bits per heavy atom. The number of fused-ring (bicyclic) bond motifs is 1. The Bertz CT molecular complexity index is 516. The molecule has 1 aromatic rings. The number of aryl methyl sites for hydroxylation is 1. The van der Waals surface area contributed by atoms with E-state index in [1.807, 2.05) is 30.2 Å². The van der Waals surface area contributed by atoms with Gasteiger partial charge in [-0.1, -0.05) is 23.0 Å². The molecule has 1 atom stereocenters. The van der Waals surface area contributed by atoms with E-state index >= 15 is 0 Å². The predicted octanol–water partition coefficient (Wildman–Crippen LogP) is -0.146. The molecular formula is C14H18N3O+. The van der Waals surface area contributed by atoms with Crippen molar-refractivity contribution >= 4 is 5.69 Å². The summed E-state index contributed by atoms with van der Waals surface area (Å²) in [6, 6.07) is 8.25. The van der Waals surface area contributed by atoms with Crippen LogP contribution in [0, 0.1) is 13.0 Å². The van der Waals surface area contributed by atoms with E-state index in [-0.39, 0.29) is 12.6 Å². The fourth-order valence-electron chi connectivity index (χ4n) is 2.21. The first kappa shape index (κ1) is 12.6. The first-order chi connectivity index (χ1) is 8.67. The van der Waals surface area contributed by atoms with Crippen LogP contribution in [0.15, 0.2) is 30.0 Å². The van der Waals surface area contributed by atoms with Gasteiger partial charge in [0, 0.05) is 25.0 Å². The molecule has 4 N–H and O–H groups in total. The topological polar surface area (TPSA) is 73.3 Å². The van der Waals surface area contributed by atoms with Gasteiger partial charge in [-0.25, -0.2) is 0 Å². The number of nitrogens with one attached hydrogen (secondary N) is 1. The molecule has 0 fully saturated rings. The third-order valence-electron chi connectivity index (χ3n) is 3.16. The Labute approximate surface area is 107 Å². The third-order valence-corrected chi connectivity index (χ3v) is 3.16. The second-order valence-corrected chi connectivity index (χ2v) is 4.52. The number of hydrogen-bond acceptors (Lipinski definition) is 3. The van der Waals surface area contributed by atoms with E-state index in [4.69, 9.17) is 16.1 Å². The van der Waals surface area contributed by atoms with E-state index in [9.17, 15) is 0 Å². The van der Waals surface area contributed by atoms with Gasteiger partial charge in [-0.2, -0.15) is 0 Å². The molecule has 0 radical (unpaired) electrons. The van der Waals surface area contributed by atoms with Crippen LogP contribution < -0.4 is 15.9 Å². The summed E-state index contributed by atoms with van der Waals surface area (Å²) in [5.41, 5.74) is 10.0. The number of rotatable bonds is 3. The van der Waals surface area contributed by atoms with E-state index in [1.54, 1.807) is 0 Å². The van der Waals surface area contributed by atoms with Crippen molar-refractivity contribution in [2.24, 2.45) is 5.73 Å². The molecule has 2 rings (SSSR count). The summed E-state index contributed by atoms with van der Waals surface area (Å²) in [5.74, 6) is 0. The molecule has 0 aliphatic carbocycles. The number of nitrogens with zero attached hydrogens (tertiary/aromatic N) is 1. The Kier molecular flexibility index (Phi) is 3.66. The van der Waals surface area contributed by atoms with Gasteiger partial charge in [0.2, 0.25) is 0 Å². The molecular weight excluding hydrogens is 226 g/mol. The summed E-state index contributed by atoms with van der Waals surface area (Å²) >= 11 is 0. The molecule has 0 saturated carbocycles. The first-order valence-corrected chi connectivity index (χ1v) is 6.05. The van der Waals surface area contributed by atoms with Gasteiger partial charge < -0.3 is 15.7 Å². The molecule has 1 unspecified atom stereocenters. The van der Waals surface area contributed by atoms with Crippen molar-refractivity contribution in [2.75, 3.05) is 18.1 Å². The van der Waals surface area contributed by atoms with Crippen LogP contribution in [0.25, 0.3) is 0 Å². The van der Waals surface area contributed by atoms with Crippen LogP contribution in [0.5, 0.6) is 0 Å². The highest BCUT2D eigenvalue weighted by molar-refractivity contribution is 5.64. The van der Waals surface area contributed by atoms with Crippen LogP contribution in [0.3, 0.4) is 0 Å². The van der Waals surface area contributed by atoms with Crippen LogP contribution >= 0.6 is 0 Å². The molecule has 0 amide bonds. The summed E-state index contributed by atoms with van der Waals surface area (Å²) in [6.45, 7) is 2.89. The molecule has 1 heterocycles. The van der Waals surface area contributed by atoms with Gasteiger partial charge in [-0.05, 0) is 25.0 Å². The minimum atomic E-state index is -0.289. The van der Waals surface area contributed by atoms with Crippen molar-refractivity contribution in [3.63, 3.8) is 0 Å². The average Bonchev–Trinajstić information content (AvgIpc) is 2.38. The minimum Gasteiger partial charge on any atom is -0.396 e. The quantitative estimate of drug-likeness (QED) is 0.692. The monoisotopic (exact) mass is 244 g/mol. The molecule has 4 nitrogen and oxygen atoms in total. The molecule has 4 heteroatoms. The van der Waals surface area contributed by atoms with E-state index in [2.05, 4.69) is 12.1 Å². The number of aliphatic hydroxyl groups excluding tert-OH is 1. The van der Waals surface area contributed by atoms with Crippen molar-refractivity contribution in [3.05, 3.63) is 41.1 Å². The van der Waals surface area contributed by atoms with E-state index in [1.165, 1.54) is 0 Å². The van der Waals surface area contributed by atoms with Gasteiger partial charge in [0.15, 0.2) is 0 Å². The summed E-state index contributed by atoms with van der Waals surface area (Å²) in [7, 11) is 0. The molecule has 0 spiro atoms. The van der Waals surface area contributed by atoms with Crippen LogP contribution in [-0.2, 0) is 0 Å². The predicted molar refractivity (Wildman–Crippen MR) is 70.1 cm³/mol. The molecule has 0 saturated heterocycles. The maximum Gasteiger partial charge on any atom is 0.307 e.